The molecule has 1 heterocycles. The van der Waals surface area contributed by atoms with Crippen molar-refractivity contribution < 1.29 is 8.42 Å². The first-order valence-corrected chi connectivity index (χ1v) is 9.46. The molecule has 1 aromatic carbocycles. The van der Waals surface area contributed by atoms with Gasteiger partial charge in [-0.1, -0.05) is 12.1 Å². The summed E-state index contributed by atoms with van der Waals surface area (Å²) in [5.41, 5.74) is 0.792. The average Bonchev–Trinajstić information content (AvgIpc) is 3.01. The zero-order chi connectivity index (χ0) is 17.3. The number of imidazole rings is 1. The third-order valence-electron chi connectivity index (χ3n) is 4.37. The second-order valence-electron chi connectivity index (χ2n) is 6.27. The maximum atomic E-state index is 13.2. The standard InChI is InChI=1S/C17H20N4O2S/c1-13(2)20-11-17(19-12-20)24(22,23)21(15-7-5-8-15)16-9-4-3-6-14(16)10-18/h3-4,6,9,11-13,15H,5,7-8H2,1-2H3. The number of anilines is 1. The zero-order valence-electron chi connectivity index (χ0n) is 13.8. The van der Waals surface area contributed by atoms with Crippen LogP contribution in [-0.2, 0) is 10.0 Å². The molecule has 0 aliphatic heterocycles. The molecule has 0 saturated heterocycles. The van der Waals surface area contributed by atoms with Crippen LogP contribution in [0.4, 0.5) is 5.69 Å². The van der Waals surface area contributed by atoms with Crippen molar-refractivity contribution in [2.75, 3.05) is 4.31 Å². The monoisotopic (exact) mass is 344 g/mol. The summed E-state index contributed by atoms with van der Waals surface area (Å²) in [7, 11) is -3.81. The minimum atomic E-state index is -3.81. The van der Waals surface area contributed by atoms with Crippen molar-refractivity contribution in [2.45, 2.75) is 50.2 Å². The quantitative estimate of drug-likeness (QED) is 0.835. The van der Waals surface area contributed by atoms with Gasteiger partial charge in [-0.05, 0) is 45.2 Å². The molecule has 1 aromatic heterocycles. The second kappa shape index (κ2) is 6.29. The Labute approximate surface area is 142 Å². The summed E-state index contributed by atoms with van der Waals surface area (Å²) in [6.45, 7) is 3.93. The van der Waals surface area contributed by atoms with E-state index in [9.17, 15) is 13.7 Å². The first-order valence-electron chi connectivity index (χ1n) is 8.02. The van der Waals surface area contributed by atoms with Crippen molar-refractivity contribution in [3.05, 3.63) is 42.4 Å². The molecular formula is C17H20N4O2S. The van der Waals surface area contributed by atoms with E-state index in [1.807, 2.05) is 13.8 Å². The number of hydrogen-bond acceptors (Lipinski definition) is 4. The van der Waals surface area contributed by atoms with E-state index in [2.05, 4.69) is 11.1 Å². The number of nitrogens with zero attached hydrogens (tertiary/aromatic N) is 4. The molecule has 0 atom stereocenters. The molecule has 0 spiro atoms. The summed E-state index contributed by atoms with van der Waals surface area (Å²) in [5, 5.41) is 9.39. The molecule has 1 aliphatic carbocycles. The van der Waals surface area contributed by atoms with E-state index < -0.39 is 10.0 Å². The normalized spacial score (nSPS) is 15.1. The molecule has 126 valence electrons. The molecule has 6 nitrogen and oxygen atoms in total. The SMILES string of the molecule is CC(C)n1cnc(S(=O)(=O)N(c2ccccc2C#N)C2CCC2)c1. The minimum absolute atomic E-state index is 0.0239. The van der Waals surface area contributed by atoms with E-state index in [-0.39, 0.29) is 17.1 Å². The Bertz CT molecular complexity index is 876. The molecule has 1 fully saturated rings. The topological polar surface area (TPSA) is 79.0 Å². The van der Waals surface area contributed by atoms with Crippen LogP contribution in [0.1, 0.15) is 44.7 Å². The Hall–Kier alpha value is -2.33. The van der Waals surface area contributed by atoms with Crippen LogP contribution in [0.15, 0.2) is 41.8 Å². The van der Waals surface area contributed by atoms with Gasteiger partial charge < -0.3 is 4.57 Å². The van der Waals surface area contributed by atoms with Crippen LogP contribution < -0.4 is 4.31 Å². The van der Waals surface area contributed by atoms with Crippen molar-refractivity contribution in [1.29, 1.82) is 5.26 Å². The van der Waals surface area contributed by atoms with Gasteiger partial charge in [-0.3, -0.25) is 4.31 Å². The van der Waals surface area contributed by atoms with Gasteiger partial charge in [0.1, 0.15) is 6.07 Å². The van der Waals surface area contributed by atoms with Crippen molar-refractivity contribution in [3.8, 4) is 6.07 Å². The van der Waals surface area contributed by atoms with Crippen LogP contribution in [-0.4, -0.2) is 24.0 Å². The van der Waals surface area contributed by atoms with Gasteiger partial charge in [0.05, 0.1) is 17.6 Å². The molecular weight excluding hydrogens is 324 g/mol. The Morgan fingerprint density at radius 3 is 2.58 bits per heavy atom. The van der Waals surface area contributed by atoms with Gasteiger partial charge in [-0.2, -0.15) is 13.7 Å². The largest absolute Gasteiger partial charge is 0.334 e. The van der Waals surface area contributed by atoms with E-state index in [0.29, 0.717) is 11.3 Å². The van der Waals surface area contributed by atoms with Crippen molar-refractivity contribution >= 4 is 15.7 Å². The van der Waals surface area contributed by atoms with Gasteiger partial charge >= 0.3 is 0 Å². The number of para-hydroxylation sites is 1. The predicted molar refractivity (Wildman–Crippen MR) is 91.1 cm³/mol. The zero-order valence-corrected chi connectivity index (χ0v) is 14.6. The van der Waals surface area contributed by atoms with Crippen LogP contribution >= 0.6 is 0 Å². The van der Waals surface area contributed by atoms with Crippen molar-refractivity contribution in [1.82, 2.24) is 9.55 Å². The van der Waals surface area contributed by atoms with Crippen molar-refractivity contribution in [3.63, 3.8) is 0 Å². The third-order valence-corrected chi connectivity index (χ3v) is 6.12. The third kappa shape index (κ3) is 2.78. The Morgan fingerprint density at radius 1 is 1.33 bits per heavy atom. The summed E-state index contributed by atoms with van der Waals surface area (Å²) in [4.78, 5) is 4.10. The number of hydrogen-bond donors (Lipinski definition) is 0. The molecule has 3 rings (SSSR count). The van der Waals surface area contributed by atoms with Gasteiger partial charge in [-0.25, -0.2) is 4.98 Å². The maximum absolute atomic E-state index is 13.2. The molecule has 2 aromatic rings. The molecule has 7 heteroatoms. The number of rotatable bonds is 5. The fourth-order valence-electron chi connectivity index (χ4n) is 2.74. The van der Waals surface area contributed by atoms with E-state index in [1.165, 1.54) is 10.6 Å². The lowest BCUT2D eigenvalue weighted by molar-refractivity contribution is 0.414. The van der Waals surface area contributed by atoms with Crippen LogP contribution in [0.2, 0.25) is 0 Å². The lowest BCUT2D eigenvalue weighted by atomic mass is 9.92. The summed E-state index contributed by atoms with van der Waals surface area (Å²) in [6, 6.07) is 8.93. The van der Waals surface area contributed by atoms with Crippen LogP contribution in [0.25, 0.3) is 0 Å². The summed E-state index contributed by atoms with van der Waals surface area (Å²) < 4.78 is 29.6. The Kier molecular flexibility index (Phi) is 4.33. The highest BCUT2D eigenvalue weighted by Crippen LogP contribution is 2.35. The highest BCUT2D eigenvalue weighted by molar-refractivity contribution is 7.92. The fraction of sp³-hybridized carbons (Fsp3) is 0.412. The molecule has 1 saturated carbocycles. The van der Waals surface area contributed by atoms with Crippen LogP contribution in [0.3, 0.4) is 0 Å². The second-order valence-corrected chi connectivity index (χ2v) is 8.03. The molecule has 0 unspecified atom stereocenters. The molecule has 24 heavy (non-hydrogen) atoms. The number of benzene rings is 1. The lowest BCUT2D eigenvalue weighted by Crippen LogP contribution is -2.44. The number of aromatic nitrogens is 2. The Balaban J connectivity index is 2.10. The first-order chi connectivity index (χ1) is 11.4. The first kappa shape index (κ1) is 16.5. The van der Waals surface area contributed by atoms with Crippen molar-refractivity contribution in [2.24, 2.45) is 0 Å². The lowest BCUT2D eigenvalue weighted by Gasteiger charge is -2.37. The van der Waals surface area contributed by atoms with Gasteiger partial charge in [0, 0.05) is 18.3 Å². The van der Waals surface area contributed by atoms with E-state index in [1.54, 1.807) is 35.0 Å². The van der Waals surface area contributed by atoms with Gasteiger partial charge in [0.2, 0.25) is 0 Å². The highest BCUT2D eigenvalue weighted by atomic mass is 32.2. The number of nitriles is 1. The predicted octanol–water partition coefficient (Wildman–Crippen LogP) is 3.08. The fourth-order valence-corrected chi connectivity index (χ4v) is 4.40. The van der Waals surface area contributed by atoms with Crippen LogP contribution in [0, 0.1) is 11.3 Å². The maximum Gasteiger partial charge on any atom is 0.283 e. The summed E-state index contributed by atoms with van der Waals surface area (Å²) in [5.74, 6) is 0. The molecule has 0 radical (unpaired) electrons. The highest BCUT2D eigenvalue weighted by Gasteiger charge is 2.37. The van der Waals surface area contributed by atoms with Crippen LogP contribution in [0.5, 0.6) is 0 Å². The molecule has 0 amide bonds. The molecule has 0 bridgehead atoms. The smallest absolute Gasteiger partial charge is 0.283 e. The average molecular weight is 344 g/mol. The van der Waals surface area contributed by atoms with E-state index in [4.69, 9.17) is 0 Å². The minimum Gasteiger partial charge on any atom is -0.334 e. The van der Waals surface area contributed by atoms with E-state index >= 15 is 0 Å². The Morgan fingerprint density at radius 2 is 2.04 bits per heavy atom. The van der Waals surface area contributed by atoms with Gasteiger partial charge in [0.15, 0.2) is 5.03 Å². The number of sulfonamides is 1. The summed E-state index contributed by atoms with van der Waals surface area (Å²) in [6.07, 6.45) is 5.67. The van der Waals surface area contributed by atoms with E-state index in [0.717, 1.165) is 19.3 Å². The molecule has 1 aliphatic rings. The molecule has 0 N–H and O–H groups in total. The summed E-state index contributed by atoms with van der Waals surface area (Å²) >= 11 is 0. The van der Waals surface area contributed by atoms with Gasteiger partial charge in [0.25, 0.3) is 10.0 Å². The van der Waals surface area contributed by atoms with Gasteiger partial charge in [-0.15, -0.1) is 0 Å².